The molecule has 1 unspecified atom stereocenters. The molecule has 80 valence electrons. The Morgan fingerprint density at radius 1 is 1.23 bits per heavy atom. The lowest BCUT2D eigenvalue weighted by Gasteiger charge is -2.11. The highest BCUT2D eigenvalue weighted by molar-refractivity contribution is 4.59. The van der Waals surface area contributed by atoms with Gasteiger partial charge in [0.2, 0.25) is 0 Å². The average molecular weight is 188 g/mol. The summed E-state index contributed by atoms with van der Waals surface area (Å²) >= 11 is 0. The topological polar surface area (TPSA) is 47.3 Å². The molecule has 1 atom stereocenters. The van der Waals surface area contributed by atoms with Crippen LogP contribution in [0.3, 0.4) is 0 Å². The van der Waals surface area contributed by atoms with Crippen LogP contribution in [0.5, 0.6) is 0 Å². The minimum absolute atomic E-state index is 0.357. The first kappa shape index (κ1) is 12.9. The third-order valence-electron chi connectivity index (χ3n) is 1.87. The summed E-state index contributed by atoms with van der Waals surface area (Å²) in [6.45, 7) is 8.85. The number of rotatable bonds is 8. The predicted molar refractivity (Wildman–Crippen MR) is 56.8 cm³/mol. The second kappa shape index (κ2) is 8.48. The summed E-state index contributed by atoms with van der Waals surface area (Å²) < 4.78 is 5.42. The molecule has 0 fully saturated rings. The Labute approximate surface area is 82.0 Å². The van der Waals surface area contributed by atoms with E-state index in [1.165, 1.54) is 0 Å². The molecule has 0 radical (unpaired) electrons. The summed E-state index contributed by atoms with van der Waals surface area (Å²) in [4.78, 5) is 0. The van der Waals surface area contributed by atoms with E-state index in [1.54, 1.807) is 0 Å². The molecule has 0 saturated carbocycles. The van der Waals surface area contributed by atoms with Crippen LogP contribution in [0.15, 0.2) is 0 Å². The number of ether oxygens (including phenoxy) is 1. The normalized spacial score (nSPS) is 13.6. The molecule has 0 amide bonds. The highest BCUT2D eigenvalue weighted by atomic mass is 16.5. The fourth-order valence-corrected chi connectivity index (χ4v) is 0.978. The lowest BCUT2D eigenvalue weighted by molar-refractivity contribution is 0.0760. The number of hydrogen-bond donors (Lipinski definition) is 2. The van der Waals surface area contributed by atoms with Gasteiger partial charge in [-0.1, -0.05) is 0 Å². The van der Waals surface area contributed by atoms with Gasteiger partial charge < -0.3 is 15.8 Å². The van der Waals surface area contributed by atoms with Gasteiger partial charge in [0.1, 0.15) is 0 Å². The van der Waals surface area contributed by atoms with Crippen molar-refractivity contribution in [2.45, 2.75) is 45.8 Å². The molecule has 0 spiro atoms. The molecule has 0 rings (SSSR count). The Kier molecular flexibility index (Phi) is 8.40. The Morgan fingerprint density at radius 2 is 1.92 bits per heavy atom. The molecular formula is C10H24N2O. The number of hydrogen-bond acceptors (Lipinski definition) is 3. The zero-order valence-electron chi connectivity index (χ0n) is 9.18. The summed E-state index contributed by atoms with van der Waals surface area (Å²) in [5.41, 5.74) is 5.47. The maximum absolute atomic E-state index is 5.47. The van der Waals surface area contributed by atoms with Gasteiger partial charge in [-0.15, -0.1) is 0 Å². The summed E-state index contributed by atoms with van der Waals surface area (Å²) in [5, 5.41) is 3.34. The number of unbranched alkanes of at least 4 members (excludes halogenated alkanes) is 1. The van der Waals surface area contributed by atoms with Crippen molar-refractivity contribution in [3.8, 4) is 0 Å². The number of nitrogens with two attached hydrogens (primary N) is 1. The Bertz CT molecular complexity index is 107. The van der Waals surface area contributed by atoms with Crippen LogP contribution in [0.1, 0.15) is 33.6 Å². The van der Waals surface area contributed by atoms with Crippen LogP contribution < -0.4 is 11.1 Å². The van der Waals surface area contributed by atoms with Crippen molar-refractivity contribution < 1.29 is 4.74 Å². The van der Waals surface area contributed by atoms with E-state index in [1.807, 2.05) is 0 Å². The van der Waals surface area contributed by atoms with Gasteiger partial charge >= 0.3 is 0 Å². The van der Waals surface area contributed by atoms with E-state index in [0.29, 0.717) is 18.7 Å². The molecule has 0 aromatic heterocycles. The molecule has 3 N–H and O–H groups in total. The van der Waals surface area contributed by atoms with Crippen LogP contribution >= 0.6 is 0 Å². The highest BCUT2D eigenvalue weighted by Crippen LogP contribution is 1.93. The monoisotopic (exact) mass is 188 g/mol. The average Bonchev–Trinajstić information content (AvgIpc) is 2.10. The maximum atomic E-state index is 5.47. The van der Waals surface area contributed by atoms with Crippen molar-refractivity contribution in [2.75, 3.05) is 19.7 Å². The molecule has 13 heavy (non-hydrogen) atoms. The summed E-state index contributed by atoms with van der Waals surface area (Å²) in [7, 11) is 0. The Hall–Kier alpha value is -0.120. The lowest BCUT2D eigenvalue weighted by Crippen LogP contribution is -2.33. The minimum atomic E-state index is 0.357. The third kappa shape index (κ3) is 9.80. The number of nitrogens with one attached hydrogen (secondary N) is 1. The van der Waals surface area contributed by atoms with E-state index >= 15 is 0 Å². The van der Waals surface area contributed by atoms with Gasteiger partial charge in [-0.2, -0.15) is 0 Å². The van der Waals surface area contributed by atoms with Crippen molar-refractivity contribution in [1.29, 1.82) is 0 Å². The molecule has 0 heterocycles. The molecule has 0 saturated heterocycles. The van der Waals surface area contributed by atoms with E-state index in [9.17, 15) is 0 Å². The van der Waals surface area contributed by atoms with Gasteiger partial charge in [0.15, 0.2) is 0 Å². The first-order valence-electron chi connectivity index (χ1n) is 5.22. The first-order chi connectivity index (χ1) is 6.16. The van der Waals surface area contributed by atoms with Gasteiger partial charge in [-0.3, -0.25) is 0 Å². The van der Waals surface area contributed by atoms with Crippen LogP contribution in [0.25, 0.3) is 0 Å². The van der Waals surface area contributed by atoms with E-state index in [0.717, 1.165) is 26.0 Å². The highest BCUT2D eigenvalue weighted by Gasteiger charge is 1.96. The maximum Gasteiger partial charge on any atom is 0.0518 e. The molecule has 0 bridgehead atoms. The van der Waals surface area contributed by atoms with Crippen LogP contribution in [0.4, 0.5) is 0 Å². The van der Waals surface area contributed by atoms with Crippen LogP contribution in [-0.4, -0.2) is 31.8 Å². The van der Waals surface area contributed by atoms with Crippen molar-refractivity contribution in [3.63, 3.8) is 0 Å². The van der Waals surface area contributed by atoms with E-state index in [4.69, 9.17) is 10.5 Å². The standard InChI is InChI=1S/C10H24N2O/c1-9(2)13-7-5-4-6-12-10(3)8-11/h9-10,12H,4-8,11H2,1-3H3. The van der Waals surface area contributed by atoms with E-state index < -0.39 is 0 Å². The molecule has 0 aliphatic carbocycles. The molecule has 0 aromatic rings. The lowest BCUT2D eigenvalue weighted by atomic mass is 10.3. The fourth-order valence-electron chi connectivity index (χ4n) is 0.978. The van der Waals surface area contributed by atoms with Crippen molar-refractivity contribution >= 4 is 0 Å². The fraction of sp³-hybridized carbons (Fsp3) is 1.00. The second-order valence-corrected chi connectivity index (χ2v) is 3.72. The van der Waals surface area contributed by atoms with Crippen LogP contribution in [-0.2, 0) is 4.74 Å². The van der Waals surface area contributed by atoms with Crippen LogP contribution in [0.2, 0.25) is 0 Å². The zero-order chi connectivity index (χ0) is 10.1. The van der Waals surface area contributed by atoms with E-state index in [2.05, 4.69) is 26.1 Å². The Balaban J connectivity index is 2.99. The predicted octanol–water partition coefficient (Wildman–Crippen LogP) is 1.13. The quantitative estimate of drug-likeness (QED) is 0.561. The smallest absolute Gasteiger partial charge is 0.0518 e. The second-order valence-electron chi connectivity index (χ2n) is 3.72. The van der Waals surface area contributed by atoms with Gasteiger partial charge in [0.05, 0.1) is 6.10 Å². The van der Waals surface area contributed by atoms with Crippen molar-refractivity contribution in [2.24, 2.45) is 5.73 Å². The first-order valence-corrected chi connectivity index (χ1v) is 5.22. The molecule has 3 heteroatoms. The van der Waals surface area contributed by atoms with Crippen molar-refractivity contribution in [1.82, 2.24) is 5.32 Å². The molecule has 3 nitrogen and oxygen atoms in total. The van der Waals surface area contributed by atoms with Gasteiger partial charge in [0, 0.05) is 19.2 Å². The third-order valence-corrected chi connectivity index (χ3v) is 1.87. The molecule has 0 aliphatic heterocycles. The van der Waals surface area contributed by atoms with Crippen molar-refractivity contribution in [3.05, 3.63) is 0 Å². The molecular weight excluding hydrogens is 164 g/mol. The van der Waals surface area contributed by atoms with E-state index in [-0.39, 0.29) is 0 Å². The minimum Gasteiger partial charge on any atom is -0.379 e. The summed E-state index contributed by atoms with van der Waals surface area (Å²) in [6, 6.07) is 0.436. The SMILES string of the molecule is CC(CN)NCCCCOC(C)C. The van der Waals surface area contributed by atoms with Crippen LogP contribution in [0, 0.1) is 0 Å². The summed E-state index contributed by atoms with van der Waals surface area (Å²) in [5.74, 6) is 0. The summed E-state index contributed by atoms with van der Waals surface area (Å²) in [6.07, 6.45) is 2.65. The molecule has 0 aromatic carbocycles. The zero-order valence-corrected chi connectivity index (χ0v) is 9.18. The van der Waals surface area contributed by atoms with Gasteiger partial charge in [0.25, 0.3) is 0 Å². The Morgan fingerprint density at radius 3 is 2.46 bits per heavy atom. The largest absolute Gasteiger partial charge is 0.379 e. The van der Waals surface area contributed by atoms with Gasteiger partial charge in [-0.25, -0.2) is 0 Å². The molecule has 0 aliphatic rings. The van der Waals surface area contributed by atoms with Gasteiger partial charge in [-0.05, 0) is 40.2 Å².